The number of aryl methyl sites for hydroxylation is 1. The second-order valence-corrected chi connectivity index (χ2v) is 6.67. The summed E-state index contributed by atoms with van der Waals surface area (Å²) in [5, 5.41) is 6.91. The number of para-hydroxylation sites is 1. The third-order valence-electron chi connectivity index (χ3n) is 4.50. The number of hydrogen-bond acceptors (Lipinski definition) is 3. The van der Waals surface area contributed by atoms with Crippen LogP contribution in [0.4, 0.5) is 5.69 Å². The highest BCUT2D eigenvalue weighted by atomic mass is 16.5. The molecular formula is C22H25N3O3. The molecule has 146 valence electrons. The van der Waals surface area contributed by atoms with E-state index < -0.39 is 0 Å². The number of nitrogens with one attached hydrogen (secondary N) is 3. The first kappa shape index (κ1) is 19.6. The van der Waals surface area contributed by atoms with Crippen molar-refractivity contribution < 1.29 is 14.3 Å². The Morgan fingerprint density at radius 3 is 2.79 bits per heavy atom. The Morgan fingerprint density at radius 1 is 1.07 bits per heavy atom. The lowest BCUT2D eigenvalue weighted by molar-refractivity contribution is -0.121. The van der Waals surface area contributed by atoms with E-state index in [2.05, 4.69) is 27.8 Å². The van der Waals surface area contributed by atoms with E-state index in [4.69, 9.17) is 4.74 Å². The summed E-state index contributed by atoms with van der Waals surface area (Å²) in [5.74, 6) is -0.186. The van der Waals surface area contributed by atoms with Gasteiger partial charge in [-0.1, -0.05) is 30.3 Å². The van der Waals surface area contributed by atoms with Gasteiger partial charge in [0.25, 0.3) is 0 Å². The van der Waals surface area contributed by atoms with Crippen LogP contribution >= 0.6 is 0 Å². The van der Waals surface area contributed by atoms with Crippen LogP contribution in [0.15, 0.2) is 54.7 Å². The van der Waals surface area contributed by atoms with E-state index in [1.165, 1.54) is 18.1 Å². The van der Waals surface area contributed by atoms with Crippen molar-refractivity contribution in [2.75, 3.05) is 19.0 Å². The van der Waals surface area contributed by atoms with Crippen LogP contribution in [0.3, 0.4) is 0 Å². The van der Waals surface area contributed by atoms with Gasteiger partial charge in [-0.25, -0.2) is 0 Å². The highest BCUT2D eigenvalue weighted by molar-refractivity contribution is 5.91. The lowest BCUT2D eigenvalue weighted by Crippen LogP contribution is -2.22. The Morgan fingerprint density at radius 2 is 1.93 bits per heavy atom. The van der Waals surface area contributed by atoms with Crippen LogP contribution < -0.4 is 10.6 Å². The zero-order chi connectivity index (χ0) is 19.8. The number of ether oxygens (including phenoxy) is 1. The molecule has 0 aliphatic heterocycles. The fourth-order valence-corrected chi connectivity index (χ4v) is 3.15. The number of methoxy groups -OCH3 is 1. The first-order chi connectivity index (χ1) is 13.7. The summed E-state index contributed by atoms with van der Waals surface area (Å²) in [6.45, 7) is 0.442. The maximum absolute atomic E-state index is 12.2. The third-order valence-corrected chi connectivity index (χ3v) is 4.50. The van der Waals surface area contributed by atoms with E-state index in [-0.39, 0.29) is 18.4 Å². The number of amides is 2. The summed E-state index contributed by atoms with van der Waals surface area (Å²) < 4.78 is 4.80. The Bertz CT molecular complexity index is 949. The summed E-state index contributed by atoms with van der Waals surface area (Å²) in [6.07, 6.45) is 4.15. The van der Waals surface area contributed by atoms with Gasteiger partial charge in [-0.2, -0.15) is 0 Å². The minimum absolute atomic E-state index is 0.0113. The van der Waals surface area contributed by atoms with Gasteiger partial charge in [0, 0.05) is 42.9 Å². The molecule has 0 fully saturated rings. The van der Waals surface area contributed by atoms with Crippen molar-refractivity contribution in [3.8, 4) is 0 Å². The Balaban J connectivity index is 1.43. The summed E-state index contributed by atoms with van der Waals surface area (Å²) in [7, 11) is 1.48. The minimum Gasteiger partial charge on any atom is -0.375 e. The number of aromatic nitrogens is 1. The van der Waals surface area contributed by atoms with Gasteiger partial charge in [-0.3, -0.25) is 9.59 Å². The van der Waals surface area contributed by atoms with E-state index >= 15 is 0 Å². The van der Waals surface area contributed by atoms with E-state index in [0.29, 0.717) is 18.7 Å². The van der Waals surface area contributed by atoms with E-state index in [1.54, 1.807) is 6.07 Å². The Labute approximate surface area is 164 Å². The Hall–Kier alpha value is -3.12. The predicted molar refractivity (Wildman–Crippen MR) is 110 cm³/mol. The van der Waals surface area contributed by atoms with Crippen LogP contribution in [-0.2, 0) is 27.3 Å². The van der Waals surface area contributed by atoms with Gasteiger partial charge in [0.1, 0.15) is 6.61 Å². The van der Waals surface area contributed by atoms with Crippen LogP contribution in [0.5, 0.6) is 0 Å². The molecule has 0 aliphatic carbocycles. The number of aromatic amines is 1. The van der Waals surface area contributed by atoms with Gasteiger partial charge in [-0.05, 0) is 42.2 Å². The lowest BCUT2D eigenvalue weighted by atomic mass is 10.1. The van der Waals surface area contributed by atoms with Crippen LogP contribution in [0.1, 0.15) is 24.0 Å². The second-order valence-electron chi connectivity index (χ2n) is 6.67. The number of anilines is 1. The van der Waals surface area contributed by atoms with Crippen molar-refractivity contribution in [1.29, 1.82) is 0 Å². The van der Waals surface area contributed by atoms with Crippen molar-refractivity contribution in [1.82, 2.24) is 10.3 Å². The molecule has 0 spiro atoms. The van der Waals surface area contributed by atoms with E-state index in [0.717, 1.165) is 23.9 Å². The zero-order valence-corrected chi connectivity index (χ0v) is 16.0. The lowest BCUT2D eigenvalue weighted by Gasteiger charge is -2.08. The molecule has 3 aromatic rings. The quantitative estimate of drug-likeness (QED) is 0.533. The zero-order valence-electron chi connectivity index (χ0n) is 16.0. The SMILES string of the molecule is COCC(=O)Nc1cccc(CNC(=O)CCCc2c[nH]c3ccccc23)c1. The number of carbonyl (C=O) groups excluding carboxylic acids is 2. The molecule has 2 amide bonds. The average molecular weight is 379 g/mol. The Kier molecular flexibility index (Phi) is 6.81. The molecule has 0 saturated heterocycles. The van der Waals surface area contributed by atoms with Crippen molar-refractivity contribution in [2.45, 2.75) is 25.8 Å². The van der Waals surface area contributed by atoms with Gasteiger partial charge >= 0.3 is 0 Å². The molecule has 6 heteroatoms. The predicted octanol–water partition coefficient (Wildman–Crippen LogP) is 3.39. The van der Waals surface area contributed by atoms with E-state index in [1.807, 2.05) is 36.5 Å². The third kappa shape index (κ3) is 5.44. The maximum Gasteiger partial charge on any atom is 0.250 e. The summed E-state index contributed by atoms with van der Waals surface area (Å²) in [6, 6.07) is 15.6. The molecule has 0 unspecified atom stereocenters. The highest BCUT2D eigenvalue weighted by Gasteiger charge is 2.06. The van der Waals surface area contributed by atoms with Crippen LogP contribution in [0, 0.1) is 0 Å². The fraction of sp³-hybridized carbons (Fsp3) is 0.273. The number of carbonyl (C=O) groups is 2. The molecule has 1 aromatic heterocycles. The van der Waals surface area contributed by atoms with Gasteiger partial charge in [0.05, 0.1) is 0 Å². The normalized spacial score (nSPS) is 10.8. The molecule has 1 heterocycles. The van der Waals surface area contributed by atoms with Crippen molar-refractivity contribution in [3.05, 3.63) is 65.9 Å². The minimum atomic E-state index is -0.207. The fourth-order valence-electron chi connectivity index (χ4n) is 3.15. The first-order valence-electron chi connectivity index (χ1n) is 9.35. The molecule has 2 aromatic carbocycles. The van der Waals surface area contributed by atoms with E-state index in [9.17, 15) is 9.59 Å². The number of fused-ring (bicyclic) bond motifs is 1. The van der Waals surface area contributed by atoms with Crippen LogP contribution in [0.2, 0.25) is 0 Å². The van der Waals surface area contributed by atoms with Gasteiger partial charge in [-0.15, -0.1) is 0 Å². The molecule has 0 bridgehead atoms. The topological polar surface area (TPSA) is 83.2 Å². The molecule has 28 heavy (non-hydrogen) atoms. The first-order valence-corrected chi connectivity index (χ1v) is 9.35. The molecule has 0 radical (unpaired) electrons. The van der Waals surface area contributed by atoms with Crippen molar-refractivity contribution in [3.63, 3.8) is 0 Å². The van der Waals surface area contributed by atoms with Crippen molar-refractivity contribution in [2.24, 2.45) is 0 Å². The van der Waals surface area contributed by atoms with Gasteiger partial charge in [0.15, 0.2) is 0 Å². The molecular weight excluding hydrogens is 354 g/mol. The second kappa shape index (κ2) is 9.71. The summed E-state index contributed by atoms with van der Waals surface area (Å²) in [4.78, 5) is 27.0. The molecule has 6 nitrogen and oxygen atoms in total. The molecule has 0 aliphatic rings. The smallest absolute Gasteiger partial charge is 0.250 e. The monoisotopic (exact) mass is 379 g/mol. The standard InChI is InChI=1S/C22H25N3O3/c1-28-15-22(27)25-18-8-4-6-16(12-18)13-24-21(26)11-5-7-17-14-23-20-10-3-2-9-19(17)20/h2-4,6,8-10,12,14,23H,5,7,11,13,15H2,1H3,(H,24,26)(H,25,27). The maximum atomic E-state index is 12.2. The molecule has 0 saturated carbocycles. The number of hydrogen-bond donors (Lipinski definition) is 3. The number of H-pyrrole nitrogens is 1. The number of benzene rings is 2. The summed E-state index contributed by atoms with van der Waals surface area (Å²) in [5.41, 5.74) is 3.98. The highest BCUT2D eigenvalue weighted by Crippen LogP contribution is 2.19. The largest absolute Gasteiger partial charge is 0.375 e. The average Bonchev–Trinajstić information content (AvgIpc) is 3.10. The van der Waals surface area contributed by atoms with Crippen molar-refractivity contribution >= 4 is 28.4 Å². The van der Waals surface area contributed by atoms with Gasteiger partial charge < -0.3 is 20.4 Å². The van der Waals surface area contributed by atoms with Crippen LogP contribution in [-0.4, -0.2) is 30.5 Å². The van der Waals surface area contributed by atoms with Gasteiger partial charge in [0.2, 0.25) is 11.8 Å². The molecule has 3 N–H and O–H groups in total. The molecule has 3 rings (SSSR count). The summed E-state index contributed by atoms with van der Waals surface area (Å²) >= 11 is 0. The molecule has 0 atom stereocenters. The van der Waals surface area contributed by atoms with Crippen LogP contribution in [0.25, 0.3) is 10.9 Å². The number of rotatable bonds is 9.